The Morgan fingerprint density at radius 1 is 1.47 bits per heavy atom. The van der Waals surface area contributed by atoms with E-state index in [1.807, 2.05) is 0 Å². The lowest BCUT2D eigenvalue weighted by molar-refractivity contribution is -0.176. The van der Waals surface area contributed by atoms with Crippen molar-refractivity contribution < 1.29 is 13.2 Å². The summed E-state index contributed by atoms with van der Waals surface area (Å²) in [5.74, 6) is -0.543. The molecule has 1 aliphatic heterocycles. The largest absolute Gasteiger partial charge is 0.393 e. The van der Waals surface area contributed by atoms with Crippen LogP contribution < -0.4 is 4.90 Å². The van der Waals surface area contributed by atoms with Crippen molar-refractivity contribution >= 4 is 5.82 Å². The zero-order valence-electron chi connectivity index (χ0n) is 8.09. The Morgan fingerprint density at radius 2 is 2.27 bits per heavy atom. The number of aromatic amines is 1. The van der Waals surface area contributed by atoms with E-state index < -0.39 is 12.1 Å². The van der Waals surface area contributed by atoms with Gasteiger partial charge in [-0.05, 0) is 12.8 Å². The molecule has 1 atom stereocenters. The second kappa shape index (κ2) is 3.75. The van der Waals surface area contributed by atoms with E-state index in [0.29, 0.717) is 18.8 Å². The van der Waals surface area contributed by atoms with Crippen molar-refractivity contribution in [2.75, 3.05) is 18.0 Å². The van der Waals surface area contributed by atoms with Gasteiger partial charge in [-0.2, -0.15) is 18.3 Å². The minimum absolute atomic E-state index is 0.0334. The van der Waals surface area contributed by atoms with Crippen LogP contribution in [0.1, 0.15) is 12.8 Å². The summed E-state index contributed by atoms with van der Waals surface area (Å²) in [5.41, 5.74) is 0. The van der Waals surface area contributed by atoms with Gasteiger partial charge in [0.05, 0.1) is 12.1 Å². The van der Waals surface area contributed by atoms with Gasteiger partial charge in [0.2, 0.25) is 0 Å². The summed E-state index contributed by atoms with van der Waals surface area (Å²) in [6, 6.07) is 1.69. The molecular weight excluding hydrogens is 207 g/mol. The van der Waals surface area contributed by atoms with E-state index in [0.717, 1.165) is 0 Å². The van der Waals surface area contributed by atoms with Gasteiger partial charge >= 0.3 is 6.18 Å². The number of nitrogens with one attached hydrogen (secondary N) is 1. The summed E-state index contributed by atoms with van der Waals surface area (Å²) in [5, 5.41) is 6.42. The predicted octanol–water partition coefficient (Wildman–Crippen LogP) is 2.19. The summed E-state index contributed by atoms with van der Waals surface area (Å²) in [6.07, 6.45) is -1.73. The third-order valence-electron chi connectivity index (χ3n) is 2.71. The van der Waals surface area contributed by atoms with Gasteiger partial charge in [0.25, 0.3) is 0 Å². The van der Waals surface area contributed by atoms with Crippen LogP contribution in [-0.2, 0) is 0 Å². The van der Waals surface area contributed by atoms with Crippen LogP contribution in [0.15, 0.2) is 12.3 Å². The fourth-order valence-corrected chi connectivity index (χ4v) is 1.89. The zero-order valence-corrected chi connectivity index (χ0v) is 8.09. The summed E-state index contributed by atoms with van der Waals surface area (Å²) >= 11 is 0. The molecule has 15 heavy (non-hydrogen) atoms. The Bertz CT molecular complexity index is 307. The van der Waals surface area contributed by atoms with Gasteiger partial charge < -0.3 is 4.90 Å². The van der Waals surface area contributed by atoms with E-state index >= 15 is 0 Å². The number of nitrogens with zero attached hydrogens (tertiary/aromatic N) is 2. The molecule has 1 aliphatic rings. The average Bonchev–Trinajstić information content (AvgIpc) is 2.69. The SMILES string of the molecule is FC(F)(F)C1CCCN(c2ccn[nH]2)C1. The molecule has 2 heterocycles. The Morgan fingerprint density at radius 3 is 2.87 bits per heavy atom. The number of H-pyrrole nitrogens is 1. The molecule has 1 N–H and O–H groups in total. The summed E-state index contributed by atoms with van der Waals surface area (Å²) in [6.45, 7) is 0.695. The molecule has 0 spiro atoms. The van der Waals surface area contributed by atoms with E-state index in [2.05, 4.69) is 10.2 Å². The van der Waals surface area contributed by atoms with Crippen LogP contribution in [0, 0.1) is 5.92 Å². The van der Waals surface area contributed by atoms with Gasteiger partial charge in [-0.1, -0.05) is 0 Å². The molecule has 1 fully saturated rings. The maximum atomic E-state index is 12.5. The van der Waals surface area contributed by atoms with Gasteiger partial charge in [0.15, 0.2) is 0 Å². The Kier molecular flexibility index (Phi) is 2.58. The van der Waals surface area contributed by atoms with E-state index in [1.165, 1.54) is 0 Å². The van der Waals surface area contributed by atoms with Crippen LogP contribution in [0.4, 0.5) is 19.0 Å². The first-order valence-corrected chi connectivity index (χ1v) is 4.88. The van der Waals surface area contributed by atoms with Crippen molar-refractivity contribution in [2.24, 2.45) is 5.92 Å². The highest BCUT2D eigenvalue weighted by molar-refractivity contribution is 5.37. The summed E-state index contributed by atoms with van der Waals surface area (Å²) in [7, 11) is 0. The van der Waals surface area contributed by atoms with Crippen LogP contribution >= 0.6 is 0 Å². The lowest BCUT2D eigenvalue weighted by atomic mass is 9.97. The lowest BCUT2D eigenvalue weighted by Gasteiger charge is -2.34. The fraction of sp³-hybridized carbons (Fsp3) is 0.667. The second-order valence-corrected chi connectivity index (χ2v) is 3.77. The highest BCUT2D eigenvalue weighted by Gasteiger charge is 2.41. The molecule has 2 rings (SSSR count). The van der Waals surface area contributed by atoms with Gasteiger partial charge in [0.1, 0.15) is 5.82 Å². The Balaban J connectivity index is 2.05. The third kappa shape index (κ3) is 2.24. The first kappa shape index (κ1) is 10.3. The first-order valence-electron chi connectivity index (χ1n) is 4.88. The van der Waals surface area contributed by atoms with E-state index in [-0.39, 0.29) is 13.0 Å². The van der Waals surface area contributed by atoms with Crippen molar-refractivity contribution in [2.45, 2.75) is 19.0 Å². The Labute approximate surface area is 85.3 Å². The number of halogens is 3. The first-order chi connectivity index (χ1) is 7.07. The molecule has 0 aromatic carbocycles. The summed E-state index contributed by atoms with van der Waals surface area (Å²) < 4.78 is 37.5. The number of alkyl halides is 3. The van der Waals surface area contributed by atoms with Crippen molar-refractivity contribution in [3.63, 3.8) is 0 Å². The van der Waals surface area contributed by atoms with Crippen LogP contribution in [0.5, 0.6) is 0 Å². The summed E-state index contributed by atoms with van der Waals surface area (Å²) in [4.78, 5) is 1.70. The molecule has 1 unspecified atom stereocenters. The molecule has 84 valence electrons. The zero-order chi connectivity index (χ0) is 10.9. The lowest BCUT2D eigenvalue weighted by Crippen LogP contribution is -2.41. The maximum absolute atomic E-state index is 12.5. The van der Waals surface area contributed by atoms with Crippen molar-refractivity contribution in [1.29, 1.82) is 0 Å². The van der Waals surface area contributed by atoms with Crippen molar-refractivity contribution in [3.8, 4) is 0 Å². The number of hydrogen-bond donors (Lipinski definition) is 1. The molecule has 0 radical (unpaired) electrons. The number of aromatic nitrogens is 2. The monoisotopic (exact) mass is 219 g/mol. The minimum atomic E-state index is -4.08. The van der Waals surface area contributed by atoms with E-state index in [1.54, 1.807) is 17.2 Å². The third-order valence-corrected chi connectivity index (χ3v) is 2.71. The number of hydrogen-bond acceptors (Lipinski definition) is 2. The normalized spacial score (nSPS) is 23.1. The standard InChI is InChI=1S/C9H12F3N3/c10-9(11,12)7-2-1-5-15(6-7)8-3-4-13-14-8/h3-4,7H,1-2,5-6H2,(H,13,14). The molecule has 3 nitrogen and oxygen atoms in total. The molecule has 0 amide bonds. The predicted molar refractivity (Wildman–Crippen MR) is 49.6 cm³/mol. The highest BCUT2D eigenvalue weighted by Crippen LogP contribution is 2.34. The molecule has 0 saturated carbocycles. The molecule has 1 saturated heterocycles. The molecule has 6 heteroatoms. The number of anilines is 1. The second-order valence-electron chi connectivity index (χ2n) is 3.77. The maximum Gasteiger partial charge on any atom is 0.393 e. The number of piperidine rings is 1. The van der Waals surface area contributed by atoms with Crippen LogP contribution in [0.3, 0.4) is 0 Å². The number of rotatable bonds is 1. The van der Waals surface area contributed by atoms with Gasteiger partial charge in [-0.25, -0.2) is 0 Å². The molecular formula is C9H12F3N3. The van der Waals surface area contributed by atoms with E-state index in [4.69, 9.17) is 0 Å². The minimum Gasteiger partial charge on any atom is -0.356 e. The van der Waals surface area contributed by atoms with Gasteiger partial charge in [-0.15, -0.1) is 0 Å². The Hall–Kier alpha value is -1.20. The quantitative estimate of drug-likeness (QED) is 0.785. The van der Waals surface area contributed by atoms with Crippen molar-refractivity contribution in [3.05, 3.63) is 12.3 Å². The average molecular weight is 219 g/mol. The molecule has 0 bridgehead atoms. The van der Waals surface area contributed by atoms with E-state index in [9.17, 15) is 13.2 Å². The highest BCUT2D eigenvalue weighted by atomic mass is 19.4. The topological polar surface area (TPSA) is 31.9 Å². The molecule has 1 aromatic rings. The fourth-order valence-electron chi connectivity index (χ4n) is 1.89. The van der Waals surface area contributed by atoms with Gasteiger partial charge in [0, 0.05) is 19.2 Å². The van der Waals surface area contributed by atoms with Crippen LogP contribution in [0.25, 0.3) is 0 Å². The molecule has 0 aliphatic carbocycles. The molecule has 1 aromatic heterocycles. The van der Waals surface area contributed by atoms with Crippen molar-refractivity contribution in [1.82, 2.24) is 10.2 Å². The van der Waals surface area contributed by atoms with Gasteiger partial charge in [-0.3, -0.25) is 5.10 Å². The smallest absolute Gasteiger partial charge is 0.356 e. The van der Waals surface area contributed by atoms with Crippen LogP contribution in [0.2, 0.25) is 0 Å². The van der Waals surface area contributed by atoms with Crippen LogP contribution in [-0.4, -0.2) is 29.5 Å².